The van der Waals surface area contributed by atoms with Gasteiger partial charge in [0.1, 0.15) is 116 Å². The molecule has 16 N–H and O–H groups in total. The van der Waals surface area contributed by atoms with Crippen molar-refractivity contribution in [3.63, 3.8) is 0 Å². The fraction of sp³-hybridized carbons (Fsp3) is 0.949. The van der Waals surface area contributed by atoms with Crippen molar-refractivity contribution in [1.82, 2.24) is 0 Å². The number of esters is 1. The molecular weight excluding hydrogens is 1140 g/mol. The highest BCUT2D eigenvalue weighted by Crippen LogP contribution is 2.75. The number of aliphatic hydroxyl groups excluding tert-OH is 15. The van der Waals surface area contributed by atoms with Gasteiger partial charge in [0.15, 0.2) is 18.9 Å². The number of ether oxygens (including phenoxy) is 10. The van der Waals surface area contributed by atoms with Crippen LogP contribution in [0.5, 0.6) is 0 Å². The minimum Gasteiger partial charge on any atom is -0.432 e. The van der Waals surface area contributed by atoms with Gasteiger partial charge in [-0.1, -0.05) is 46.3 Å². The van der Waals surface area contributed by atoms with E-state index in [0.29, 0.717) is 57.8 Å². The zero-order valence-corrected chi connectivity index (χ0v) is 50.0. The second-order valence-corrected chi connectivity index (χ2v) is 28.4. The lowest BCUT2D eigenvalue weighted by Crippen LogP contribution is -2.67. The molecule has 0 amide bonds. The van der Waals surface area contributed by atoms with E-state index in [1.165, 1.54) is 12.5 Å². The van der Waals surface area contributed by atoms with Crippen LogP contribution in [0.25, 0.3) is 0 Å². The Morgan fingerprint density at radius 1 is 0.558 bits per heavy atom. The number of allylic oxidation sites excluding steroid dienone is 2. The fourth-order valence-electron chi connectivity index (χ4n) is 17.4. The first kappa shape index (κ1) is 67.1. The SMILES string of the molecule is CC1OC(OC2C(CO)OC(OCC3OC(OC(=O)C45CCC(C)(C)CC4C4=CCC6C7(C)CCC(OCC8OCC(OC9OC(CO)C(O)C(O)C9O)C(O)C8O)C(C)(O)C7CCC6(C)C4(C)CC5)C(O)C(O)C3O)C(O)C2O)C(O)C(O)C1O. The van der Waals surface area contributed by atoms with Crippen molar-refractivity contribution in [2.45, 2.75) is 272 Å². The van der Waals surface area contributed by atoms with Crippen LogP contribution in [0.1, 0.15) is 113 Å². The molecule has 0 bridgehead atoms. The number of hydrogen-bond acceptors (Lipinski definition) is 27. The van der Waals surface area contributed by atoms with E-state index in [0.717, 1.165) is 6.42 Å². The summed E-state index contributed by atoms with van der Waals surface area (Å²) in [5.74, 6) is -1.00. The van der Waals surface area contributed by atoms with E-state index in [2.05, 4.69) is 40.7 Å². The Balaban J connectivity index is 0.788. The number of carbonyl (C=O) groups is 1. The van der Waals surface area contributed by atoms with E-state index < -0.39 is 196 Å². The number of fused-ring (bicyclic) bond motifs is 7. The fourth-order valence-corrected chi connectivity index (χ4v) is 17.4. The molecular formula is C59H96O27. The summed E-state index contributed by atoms with van der Waals surface area (Å²) >= 11 is 0. The summed E-state index contributed by atoms with van der Waals surface area (Å²) in [7, 11) is 0. The summed E-state index contributed by atoms with van der Waals surface area (Å²) in [6, 6.07) is 0. The first-order valence-corrected chi connectivity index (χ1v) is 30.8. The zero-order chi connectivity index (χ0) is 62.7. The summed E-state index contributed by atoms with van der Waals surface area (Å²) < 4.78 is 58.4. The van der Waals surface area contributed by atoms with Crippen molar-refractivity contribution in [2.24, 2.45) is 44.8 Å². The molecule has 0 radical (unpaired) electrons. The third-order valence-electron chi connectivity index (χ3n) is 23.1. The van der Waals surface area contributed by atoms with Gasteiger partial charge in [0, 0.05) is 0 Å². The monoisotopic (exact) mass is 1240 g/mol. The molecule has 5 heterocycles. The standard InChI is InChI=1S/C59H96O27/c1-24-35(62)40(67)44(71)50(80-24)85-48-28(20-61)82-49(47(74)43(48)70)79-23-31-39(66)42(69)46(73)52(84-31)86-53(75)59-16-14-54(2,3)18-26(59)25-8-9-32-55(4)12-11-34(58(7,76)33(55)10-13-57(32,6)56(25,5)15-17-59)78-21-29-37(64)38(65)30(22-77-29)83-51-45(72)41(68)36(63)27(19-60)81-51/h8,24,26-52,60-74,76H,9-23H2,1-7H3. The largest absolute Gasteiger partial charge is 0.432 e. The maximum absolute atomic E-state index is 15.2. The van der Waals surface area contributed by atoms with E-state index in [1.54, 1.807) is 0 Å². The molecule has 10 rings (SSSR count). The van der Waals surface area contributed by atoms with Gasteiger partial charge < -0.3 is 129 Å². The van der Waals surface area contributed by atoms with Crippen LogP contribution in [-0.2, 0) is 52.2 Å². The molecule has 5 aliphatic heterocycles. The number of hydrogen-bond donors (Lipinski definition) is 16. The Morgan fingerprint density at radius 3 is 1.80 bits per heavy atom. The van der Waals surface area contributed by atoms with Gasteiger partial charge in [-0.05, 0) is 117 Å². The lowest BCUT2D eigenvalue weighted by Gasteiger charge is -2.71. The first-order chi connectivity index (χ1) is 40.3. The number of carbonyl (C=O) groups excluding carboxylic acids is 1. The molecule has 0 aromatic heterocycles. The summed E-state index contributed by atoms with van der Waals surface area (Å²) in [6.07, 6.45) is -30.1. The van der Waals surface area contributed by atoms with Crippen LogP contribution in [-0.4, -0.2) is 280 Å². The summed E-state index contributed by atoms with van der Waals surface area (Å²) in [5.41, 5.74) is -2.44. The highest BCUT2D eigenvalue weighted by atomic mass is 16.8. The molecule has 33 unspecified atom stereocenters. The maximum Gasteiger partial charge on any atom is 0.315 e. The molecule has 4 saturated carbocycles. The second kappa shape index (κ2) is 24.9. The van der Waals surface area contributed by atoms with E-state index in [1.807, 2.05) is 6.92 Å². The third-order valence-corrected chi connectivity index (χ3v) is 23.1. The topological polar surface area (TPSA) is 433 Å². The summed E-state index contributed by atoms with van der Waals surface area (Å²) in [5, 5.41) is 173. The van der Waals surface area contributed by atoms with Crippen molar-refractivity contribution in [1.29, 1.82) is 0 Å². The maximum atomic E-state index is 15.2. The molecule has 0 spiro atoms. The van der Waals surface area contributed by atoms with Gasteiger partial charge in [-0.3, -0.25) is 4.79 Å². The van der Waals surface area contributed by atoms with E-state index >= 15 is 4.79 Å². The Bertz CT molecular complexity index is 2380. The summed E-state index contributed by atoms with van der Waals surface area (Å²) in [4.78, 5) is 15.2. The van der Waals surface area contributed by atoms with Gasteiger partial charge in [0.05, 0.1) is 56.3 Å². The van der Waals surface area contributed by atoms with Gasteiger partial charge >= 0.3 is 5.97 Å². The molecule has 5 saturated heterocycles. The molecule has 0 aromatic rings. The van der Waals surface area contributed by atoms with E-state index in [-0.39, 0.29) is 47.2 Å². The van der Waals surface area contributed by atoms with Crippen molar-refractivity contribution in [2.75, 3.05) is 33.0 Å². The van der Waals surface area contributed by atoms with Crippen LogP contribution in [0.2, 0.25) is 0 Å². The molecule has 5 aliphatic carbocycles. The van der Waals surface area contributed by atoms with Gasteiger partial charge in [-0.2, -0.15) is 0 Å². The molecule has 0 aromatic carbocycles. The van der Waals surface area contributed by atoms with Crippen LogP contribution < -0.4 is 0 Å². The van der Waals surface area contributed by atoms with Gasteiger partial charge in [0.25, 0.3) is 0 Å². The van der Waals surface area contributed by atoms with Crippen LogP contribution in [0.4, 0.5) is 0 Å². The van der Waals surface area contributed by atoms with Crippen molar-refractivity contribution in [3.05, 3.63) is 11.6 Å². The smallest absolute Gasteiger partial charge is 0.315 e. The number of aliphatic hydroxyl groups is 16. The van der Waals surface area contributed by atoms with Crippen molar-refractivity contribution >= 4 is 5.97 Å². The van der Waals surface area contributed by atoms with Gasteiger partial charge in [-0.15, -0.1) is 0 Å². The van der Waals surface area contributed by atoms with Crippen LogP contribution >= 0.6 is 0 Å². The molecule has 494 valence electrons. The Labute approximate surface area is 499 Å². The van der Waals surface area contributed by atoms with Crippen molar-refractivity contribution in [3.8, 4) is 0 Å². The second-order valence-electron chi connectivity index (χ2n) is 28.4. The molecule has 9 fully saturated rings. The highest BCUT2D eigenvalue weighted by Gasteiger charge is 2.71. The zero-order valence-electron chi connectivity index (χ0n) is 50.0. The Kier molecular flexibility index (Phi) is 19.4. The minimum atomic E-state index is -1.90. The molecule has 27 nitrogen and oxygen atoms in total. The van der Waals surface area contributed by atoms with E-state index in [9.17, 15) is 81.7 Å². The third kappa shape index (κ3) is 11.4. The van der Waals surface area contributed by atoms with Crippen LogP contribution in [0, 0.1) is 44.8 Å². The van der Waals surface area contributed by atoms with Gasteiger partial charge in [0.2, 0.25) is 6.29 Å². The van der Waals surface area contributed by atoms with Crippen LogP contribution in [0.3, 0.4) is 0 Å². The van der Waals surface area contributed by atoms with Crippen molar-refractivity contribution < 1.29 is 134 Å². The Hall–Kier alpha value is -1.79. The lowest BCUT2D eigenvalue weighted by atomic mass is 9.34. The molecule has 33 atom stereocenters. The normalized spacial score (nSPS) is 54.8. The highest BCUT2D eigenvalue weighted by molar-refractivity contribution is 5.79. The summed E-state index contributed by atoms with van der Waals surface area (Å²) in [6.45, 7) is 12.0. The van der Waals surface area contributed by atoms with E-state index in [4.69, 9.17) is 47.4 Å². The lowest BCUT2D eigenvalue weighted by molar-refractivity contribution is -0.361. The molecule has 27 heteroatoms. The molecule has 10 aliphatic rings. The predicted molar refractivity (Wildman–Crippen MR) is 290 cm³/mol. The average molecular weight is 1240 g/mol. The van der Waals surface area contributed by atoms with Gasteiger partial charge in [-0.25, -0.2) is 0 Å². The quantitative estimate of drug-likeness (QED) is 0.0586. The predicted octanol–water partition coefficient (Wildman–Crippen LogP) is -3.78. The average Bonchev–Trinajstić information content (AvgIpc) is 0.681. The molecule has 86 heavy (non-hydrogen) atoms. The first-order valence-electron chi connectivity index (χ1n) is 30.8. The number of rotatable bonds is 14. The Morgan fingerprint density at radius 2 is 1.13 bits per heavy atom. The van der Waals surface area contributed by atoms with Crippen LogP contribution in [0.15, 0.2) is 11.6 Å². The minimum absolute atomic E-state index is 0.107.